The zero-order valence-electron chi connectivity index (χ0n) is 8.74. The fraction of sp³-hybridized carbons (Fsp3) is 0.750. The van der Waals surface area contributed by atoms with E-state index in [-0.39, 0.29) is 6.04 Å². The minimum absolute atomic E-state index is 0.199. The molecular weight excluding hydrogens is 174 g/mol. The minimum Gasteiger partial charge on any atom is -0.302 e. The monoisotopic (exact) mass is 193 g/mol. The van der Waals surface area contributed by atoms with Crippen molar-refractivity contribution in [3.8, 4) is 0 Å². The molecule has 1 heterocycles. The maximum atomic E-state index is 10.9. The number of nitrogens with zero attached hydrogens (tertiary/aromatic N) is 1. The van der Waals surface area contributed by atoms with Gasteiger partial charge in [0.2, 0.25) is 0 Å². The van der Waals surface area contributed by atoms with Gasteiger partial charge in [-0.2, -0.15) is 0 Å². The first-order chi connectivity index (χ1) is 6.90. The third kappa shape index (κ3) is 2.24. The molecule has 1 aliphatic carbocycles. The van der Waals surface area contributed by atoms with Crippen molar-refractivity contribution in [2.45, 2.75) is 44.6 Å². The second-order valence-electron chi connectivity index (χ2n) is 4.42. The van der Waals surface area contributed by atoms with Gasteiger partial charge in [-0.25, -0.2) is 0 Å². The lowest BCUT2D eigenvalue weighted by Gasteiger charge is -2.32. The Morgan fingerprint density at radius 3 is 3.07 bits per heavy atom. The summed E-state index contributed by atoms with van der Waals surface area (Å²) in [6, 6.07) is 0.199. The van der Waals surface area contributed by atoms with Crippen LogP contribution in [0.2, 0.25) is 0 Å². The Labute approximate surface area is 86.0 Å². The SMILES string of the molecule is O=CC1CCCCN1CC1=CCCC1. The van der Waals surface area contributed by atoms with Crippen LogP contribution in [-0.2, 0) is 4.79 Å². The topological polar surface area (TPSA) is 20.3 Å². The number of piperidine rings is 1. The molecule has 0 saturated carbocycles. The largest absolute Gasteiger partial charge is 0.302 e. The van der Waals surface area contributed by atoms with Gasteiger partial charge in [-0.05, 0) is 38.6 Å². The van der Waals surface area contributed by atoms with Crippen molar-refractivity contribution in [2.75, 3.05) is 13.1 Å². The Morgan fingerprint density at radius 2 is 2.36 bits per heavy atom. The smallest absolute Gasteiger partial charge is 0.137 e. The number of allylic oxidation sites excluding steroid dienone is 1. The number of aldehydes is 1. The lowest BCUT2D eigenvalue weighted by molar-refractivity contribution is -0.113. The quantitative estimate of drug-likeness (QED) is 0.505. The summed E-state index contributed by atoms with van der Waals surface area (Å²) in [6.07, 6.45) is 10.9. The van der Waals surface area contributed by atoms with Gasteiger partial charge in [-0.1, -0.05) is 18.1 Å². The van der Waals surface area contributed by atoms with E-state index in [1.165, 1.54) is 32.1 Å². The van der Waals surface area contributed by atoms with Crippen molar-refractivity contribution in [1.82, 2.24) is 4.90 Å². The van der Waals surface area contributed by atoms with Crippen LogP contribution in [0, 0.1) is 0 Å². The molecule has 78 valence electrons. The van der Waals surface area contributed by atoms with Crippen molar-refractivity contribution >= 4 is 6.29 Å². The molecule has 0 aromatic heterocycles. The Hall–Kier alpha value is -0.630. The third-order valence-corrected chi connectivity index (χ3v) is 3.36. The molecule has 1 saturated heterocycles. The van der Waals surface area contributed by atoms with Gasteiger partial charge in [0.15, 0.2) is 0 Å². The summed E-state index contributed by atoms with van der Waals surface area (Å²) in [5.41, 5.74) is 1.55. The van der Waals surface area contributed by atoms with Crippen LogP contribution < -0.4 is 0 Å². The molecule has 0 amide bonds. The lowest BCUT2D eigenvalue weighted by atomic mass is 10.0. The van der Waals surface area contributed by atoms with E-state index in [9.17, 15) is 4.79 Å². The van der Waals surface area contributed by atoms with Crippen molar-refractivity contribution < 1.29 is 4.79 Å². The second kappa shape index (κ2) is 4.74. The molecule has 0 aromatic rings. The highest BCUT2D eigenvalue weighted by molar-refractivity contribution is 5.57. The number of hydrogen-bond acceptors (Lipinski definition) is 2. The summed E-state index contributed by atoms with van der Waals surface area (Å²) in [4.78, 5) is 13.2. The van der Waals surface area contributed by atoms with E-state index in [1.807, 2.05) is 0 Å². The number of carbonyl (C=O) groups excluding carboxylic acids is 1. The van der Waals surface area contributed by atoms with Gasteiger partial charge in [0.05, 0.1) is 6.04 Å². The van der Waals surface area contributed by atoms with Gasteiger partial charge >= 0.3 is 0 Å². The van der Waals surface area contributed by atoms with Gasteiger partial charge in [-0.15, -0.1) is 0 Å². The van der Waals surface area contributed by atoms with E-state index in [0.29, 0.717) is 0 Å². The van der Waals surface area contributed by atoms with Crippen molar-refractivity contribution in [1.29, 1.82) is 0 Å². The minimum atomic E-state index is 0.199. The van der Waals surface area contributed by atoms with E-state index in [0.717, 1.165) is 25.8 Å². The molecule has 0 N–H and O–H groups in total. The first kappa shape index (κ1) is 9.91. The van der Waals surface area contributed by atoms with E-state index in [4.69, 9.17) is 0 Å². The Kier molecular flexibility index (Phi) is 3.35. The molecule has 2 aliphatic rings. The van der Waals surface area contributed by atoms with Gasteiger partial charge in [0.25, 0.3) is 0 Å². The fourth-order valence-corrected chi connectivity index (χ4v) is 2.51. The first-order valence-corrected chi connectivity index (χ1v) is 5.77. The van der Waals surface area contributed by atoms with Crippen LogP contribution in [0.3, 0.4) is 0 Å². The average molecular weight is 193 g/mol. The predicted octanol–water partition coefficient (Wildman–Crippen LogP) is 2.15. The Balaban J connectivity index is 1.90. The van der Waals surface area contributed by atoms with E-state index >= 15 is 0 Å². The van der Waals surface area contributed by atoms with Crippen LogP contribution in [0.5, 0.6) is 0 Å². The summed E-state index contributed by atoms with van der Waals surface area (Å²) in [5.74, 6) is 0. The van der Waals surface area contributed by atoms with Crippen molar-refractivity contribution in [3.63, 3.8) is 0 Å². The summed E-state index contributed by atoms with van der Waals surface area (Å²) in [5, 5.41) is 0. The number of likely N-dealkylation sites (tertiary alicyclic amines) is 1. The van der Waals surface area contributed by atoms with Crippen LogP contribution in [0.15, 0.2) is 11.6 Å². The fourth-order valence-electron chi connectivity index (χ4n) is 2.51. The first-order valence-electron chi connectivity index (χ1n) is 5.77. The molecule has 2 heteroatoms. The zero-order chi connectivity index (χ0) is 9.80. The van der Waals surface area contributed by atoms with Crippen molar-refractivity contribution in [2.24, 2.45) is 0 Å². The van der Waals surface area contributed by atoms with Gasteiger partial charge < -0.3 is 4.79 Å². The molecule has 1 fully saturated rings. The van der Waals surface area contributed by atoms with Crippen LogP contribution in [0.4, 0.5) is 0 Å². The van der Waals surface area contributed by atoms with E-state index in [2.05, 4.69) is 11.0 Å². The highest BCUT2D eigenvalue weighted by atomic mass is 16.1. The molecule has 2 nitrogen and oxygen atoms in total. The molecule has 0 aromatic carbocycles. The normalized spacial score (nSPS) is 28.9. The molecule has 0 bridgehead atoms. The van der Waals surface area contributed by atoms with Gasteiger partial charge in [0.1, 0.15) is 6.29 Å². The van der Waals surface area contributed by atoms with Crippen LogP contribution >= 0.6 is 0 Å². The molecular formula is C12H19NO. The highest BCUT2D eigenvalue weighted by Crippen LogP contribution is 2.22. The molecule has 1 atom stereocenters. The second-order valence-corrected chi connectivity index (χ2v) is 4.42. The standard InChI is InChI=1S/C12H19NO/c14-10-12-7-3-4-8-13(12)9-11-5-1-2-6-11/h5,10,12H,1-4,6-9H2. The number of carbonyl (C=O) groups is 1. The predicted molar refractivity (Wildman–Crippen MR) is 57.2 cm³/mol. The molecule has 2 rings (SSSR count). The van der Waals surface area contributed by atoms with Crippen LogP contribution in [0.25, 0.3) is 0 Å². The zero-order valence-corrected chi connectivity index (χ0v) is 8.74. The third-order valence-electron chi connectivity index (χ3n) is 3.36. The van der Waals surface area contributed by atoms with Crippen LogP contribution in [-0.4, -0.2) is 30.3 Å². The maximum absolute atomic E-state index is 10.9. The highest BCUT2D eigenvalue weighted by Gasteiger charge is 2.22. The summed E-state index contributed by atoms with van der Waals surface area (Å²) < 4.78 is 0. The average Bonchev–Trinajstić information content (AvgIpc) is 2.71. The summed E-state index contributed by atoms with van der Waals surface area (Å²) in [7, 11) is 0. The Morgan fingerprint density at radius 1 is 1.43 bits per heavy atom. The molecule has 1 aliphatic heterocycles. The van der Waals surface area contributed by atoms with Crippen LogP contribution in [0.1, 0.15) is 38.5 Å². The van der Waals surface area contributed by atoms with E-state index in [1.54, 1.807) is 5.57 Å². The lowest BCUT2D eigenvalue weighted by Crippen LogP contribution is -2.41. The summed E-state index contributed by atoms with van der Waals surface area (Å²) >= 11 is 0. The Bertz CT molecular complexity index is 234. The molecule has 0 radical (unpaired) electrons. The maximum Gasteiger partial charge on any atom is 0.137 e. The number of hydrogen-bond donors (Lipinski definition) is 0. The number of rotatable bonds is 3. The molecule has 1 unspecified atom stereocenters. The molecule has 14 heavy (non-hydrogen) atoms. The molecule has 0 spiro atoms. The van der Waals surface area contributed by atoms with Crippen molar-refractivity contribution in [3.05, 3.63) is 11.6 Å². The van der Waals surface area contributed by atoms with Gasteiger partial charge in [-0.3, -0.25) is 4.90 Å². The van der Waals surface area contributed by atoms with E-state index < -0.39 is 0 Å². The van der Waals surface area contributed by atoms with Gasteiger partial charge in [0, 0.05) is 6.54 Å². The summed E-state index contributed by atoms with van der Waals surface area (Å²) in [6.45, 7) is 2.16.